The number of aliphatic hydroxyl groups excluding tert-OH is 1. The van der Waals surface area contributed by atoms with Gasteiger partial charge in [-0.25, -0.2) is 4.39 Å². The molecule has 1 aromatic rings. The Morgan fingerprint density at radius 2 is 2.00 bits per heavy atom. The number of benzene rings is 1. The molecule has 14 heavy (non-hydrogen) atoms. The van der Waals surface area contributed by atoms with Gasteiger partial charge in [0.05, 0.1) is 6.61 Å². The van der Waals surface area contributed by atoms with Crippen LogP contribution in [-0.2, 0) is 6.61 Å². The number of nitrogens with zero attached hydrogens (tertiary/aromatic N) is 1. The second-order valence-electron chi connectivity index (χ2n) is 3.59. The lowest BCUT2D eigenvalue weighted by Gasteiger charge is -2.20. The van der Waals surface area contributed by atoms with Crippen LogP contribution in [0.1, 0.15) is 18.4 Å². The molecule has 76 valence electrons. The van der Waals surface area contributed by atoms with Crippen LogP contribution in [0.2, 0.25) is 0 Å². The monoisotopic (exact) mass is 195 g/mol. The summed E-state index contributed by atoms with van der Waals surface area (Å²) in [6.45, 7) is 1.71. The minimum atomic E-state index is -0.308. The van der Waals surface area contributed by atoms with E-state index in [1.165, 1.54) is 6.07 Å². The quantitative estimate of drug-likeness (QED) is 0.779. The van der Waals surface area contributed by atoms with E-state index < -0.39 is 0 Å². The lowest BCUT2D eigenvalue weighted by molar-refractivity contribution is 0.276. The van der Waals surface area contributed by atoms with Gasteiger partial charge in [0.1, 0.15) is 5.82 Å². The summed E-state index contributed by atoms with van der Waals surface area (Å²) >= 11 is 0. The van der Waals surface area contributed by atoms with Crippen molar-refractivity contribution in [2.75, 3.05) is 18.0 Å². The van der Waals surface area contributed by atoms with Crippen molar-refractivity contribution in [3.63, 3.8) is 0 Å². The van der Waals surface area contributed by atoms with E-state index in [0.29, 0.717) is 5.56 Å². The molecule has 1 aromatic carbocycles. The van der Waals surface area contributed by atoms with E-state index >= 15 is 0 Å². The number of hydrogen-bond acceptors (Lipinski definition) is 2. The van der Waals surface area contributed by atoms with Crippen LogP contribution in [0.4, 0.5) is 10.1 Å². The van der Waals surface area contributed by atoms with Crippen LogP contribution < -0.4 is 4.90 Å². The second-order valence-corrected chi connectivity index (χ2v) is 3.59. The molecule has 1 N–H and O–H groups in total. The SMILES string of the molecule is OCc1c(F)cccc1N1CCCC1. The largest absolute Gasteiger partial charge is 0.391 e. The molecule has 0 unspecified atom stereocenters. The summed E-state index contributed by atoms with van der Waals surface area (Å²) < 4.78 is 13.3. The van der Waals surface area contributed by atoms with E-state index in [1.807, 2.05) is 6.07 Å². The standard InChI is InChI=1S/C11H14FNO/c12-10-4-3-5-11(9(10)8-14)13-6-1-2-7-13/h3-5,14H,1-2,6-8H2. The Hall–Kier alpha value is -1.09. The van der Waals surface area contributed by atoms with Gasteiger partial charge in [-0.2, -0.15) is 0 Å². The van der Waals surface area contributed by atoms with Crippen LogP contribution in [0.3, 0.4) is 0 Å². The van der Waals surface area contributed by atoms with Gasteiger partial charge in [0.25, 0.3) is 0 Å². The molecule has 3 heteroatoms. The zero-order chi connectivity index (χ0) is 9.97. The first-order valence-electron chi connectivity index (χ1n) is 4.96. The van der Waals surface area contributed by atoms with Crippen LogP contribution in [0.15, 0.2) is 18.2 Å². The van der Waals surface area contributed by atoms with E-state index in [-0.39, 0.29) is 12.4 Å². The second kappa shape index (κ2) is 3.96. The van der Waals surface area contributed by atoms with E-state index in [9.17, 15) is 4.39 Å². The van der Waals surface area contributed by atoms with E-state index in [4.69, 9.17) is 5.11 Å². The van der Waals surface area contributed by atoms with Crippen molar-refractivity contribution in [1.29, 1.82) is 0 Å². The smallest absolute Gasteiger partial charge is 0.130 e. The van der Waals surface area contributed by atoms with Gasteiger partial charge in [0.2, 0.25) is 0 Å². The van der Waals surface area contributed by atoms with Gasteiger partial charge in [-0.15, -0.1) is 0 Å². The summed E-state index contributed by atoms with van der Waals surface area (Å²) in [5.74, 6) is -0.308. The van der Waals surface area contributed by atoms with E-state index in [1.54, 1.807) is 6.07 Å². The third kappa shape index (κ3) is 1.60. The molecule has 0 radical (unpaired) electrons. The van der Waals surface area contributed by atoms with Gasteiger partial charge in [0.15, 0.2) is 0 Å². The van der Waals surface area contributed by atoms with Crippen LogP contribution in [0, 0.1) is 5.82 Å². The Morgan fingerprint density at radius 1 is 1.29 bits per heavy atom. The maximum atomic E-state index is 13.3. The number of aliphatic hydroxyl groups is 1. The van der Waals surface area contributed by atoms with Crippen molar-refractivity contribution in [2.24, 2.45) is 0 Å². The summed E-state index contributed by atoms with van der Waals surface area (Å²) in [7, 11) is 0. The highest BCUT2D eigenvalue weighted by atomic mass is 19.1. The van der Waals surface area contributed by atoms with Gasteiger partial charge in [0, 0.05) is 24.3 Å². The molecule has 1 saturated heterocycles. The zero-order valence-electron chi connectivity index (χ0n) is 8.04. The Kier molecular flexibility index (Phi) is 2.68. The van der Waals surface area contributed by atoms with E-state index in [2.05, 4.69) is 4.90 Å². The zero-order valence-corrected chi connectivity index (χ0v) is 8.04. The number of rotatable bonds is 2. The maximum Gasteiger partial charge on any atom is 0.130 e. The lowest BCUT2D eigenvalue weighted by Crippen LogP contribution is -2.19. The van der Waals surface area contributed by atoms with Crippen LogP contribution in [0.5, 0.6) is 0 Å². The molecule has 1 heterocycles. The number of halogens is 1. The maximum absolute atomic E-state index is 13.3. The molecule has 0 aliphatic carbocycles. The molecule has 0 atom stereocenters. The van der Waals surface area contributed by atoms with Crippen molar-refractivity contribution in [3.8, 4) is 0 Å². The first kappa shape index (κ1) is 9.46. The predicted octanol–water partition coefficient (Wildman–Crippen LogP) is 1.92. The summed E-state index contributed by atoms with van der Waals surface area (Å²) in [6.07, 6.45) is 2.31. The molecule has 0 aromatic heterocycles. The average molecular weight is 195 g/mol. The van der Waals surface area contributed by atoms with Crippen LogP contribution in [-0.4, -0.2) is 18.2 Å². The van der Waals surface area contributed by atoms with Crippen molar-refractivity contribution in [2.45, 2.75) is 19.4 Å². The Bertz CT molecular complexity index is 321. The highest BCUT2D eigenvalue weighted by Gasteiger charge is 2.17. The first-order valence-corrected chi connectivity index (χ1v) is 4.96. The Labute approximate surface area is 83.0 Å². The normalized spacial score (nSPS) is 16.3. The third-order valence-corrected chi connectivity index (χ3v) is 2.70. The minimum absolute atomic E-state index is 0.224. The van der Waals surface area contributed by atoms with Crippen LogP contribution >= 0.6 is 0 Å². The van der Waals surface area contributed by atoms with Gasteiger partial charge in [-0.1, -0.05) is 6.07 Å². The summed E-state index contributed by atoms with van der Waals surface area (Å²) in [5, 5.41) is 9.09. The third-order valence-electron chi connectivity index (χ3n) is 2.70. The molecular formula is C11H14FNO. The van der Waals surface area contributed by atoms with Crippen molar-refractivity contribution >= 4 is 5.69 Å². The highest BCUT2D eigenvalue weighted by Crippen LogP contribution is 2.26. The summed E-state index contributed by atoms with van der Waals surface area (Å²) in [4.78, 5) is 2.13. The molecule has 1 aliphatic heterocycles. The Balaban J connectivity index is 2.35. The topological polar surface area (TPSA) is 23.5 Å². The minimum Gasteiger partial charge on any atom is -0.391 e. The van der Waals surface area contributed by atoms with Crippen molar-refractivity contribution in [3.05, 3.63) is 29.6 Å². The molecule has 0 saturated carbocycles. The van der Waals surface area contributed by atoms with E-state index in [0.717, 1.165) is 31.6 Å². The molecule has 1 aliphatic rings. The van der Waals surface area contributed by atoms with Crippen LogP contribution in [0.25, 0.3) is 0 Å². The molecule has 0 amide bonds. The molecule has 0 spiro atoms. The average Bonchev–Trinajstić information content (AvgIpc) is 2.70. The highest BCUT2D eigenvalue weighted by molar-refractivity contribution is 5.54. The Morgan fingerprint density at radius 3 is 2.64 bits per heavy atom. The van der Waals surface area contributed by atoms with Gasteiger partial charge >= 0.3 is 0 Å². The number of anilines is 1. The lowest BCUT2D eigenvalue weighted by atomic mass is 10.1. The fourth-order valence-electron chi connectivity index (χ4n) is 1.96. The predicted molar refractivity (Wildman–Crippen MR) is 53.8 cm³/mol. The van der Waals surface area contributed by atoms with Gasteiger partial charge in [-0.3, -0.25) is 0 Å². The molecule has 1 fully saturated rings. The van der Waals surface area contributed by atoms with Gasteiger partial charge < -0.3 is 10.0 Å². The number of hydrogen-bond donors (Lipinski definition) is 1. The molecule has 2 nitrogen and oxygen atoms in total. The fourth-order valence-corrected chi connectivity index (χ4v) is 1.96. The van der Waals surface area contributed by atoms with Gasteiger partial charge in [-0.05, 0) is 25.0 Å². The molecule has 2 rings (SSSR count). The first-order chi connectivity index (χ1) is 6.83. The van der Waals surface area contributed by atoms with Crippen molar-refractivity contribution < 1.29 is 9.50 Å². The molecular weight excluding hydrogens is 181 g/mol. The summed E-state index contributed by atoms with van der Waals surface area (Å²) in [6, 6.07) is 4.97. The fraction of sp³-hybridized carbons (Fsp3) is 0.455. The van der Waals surface area contributed by atoms with Crippen molar-refractivity contribution in [1.82, 2.24) is 0 Å². The molecule has 0 bridgehead atoms. The summed E-state index contributed by atoms with van der Waals surface area (Å²) in [5.41, 5.74) is 1.28.